The van der Waals surface area contributed by atoms with Gasteiger partial charge in [-0.1, -0.05) is 67.6 Å². The van der Waals surface area contributed by atoms with Crippen LogP contribution in [-0.4, -0.2) is 23.0 Å². The van der Waals surface area contributed by atoms with Crippen LogP contribution in [0.1, 0.15) is 23.8 Å². The largest absolute Gasteiger partial charge is 0.432 e. The van der Waals surface area contributed by atoms with Gasteiger partial charge in [-0.2, -0.15) is 13.2 Å². The van der Waals surface area contributed by atoms with Crippen molar-refractivity contribution in [2.24, 2.45) is 0 Å². The summed E-state index contributed by atoms with van der Waals surface area (Å²) in [4.78, 5) is 17.4. The number of benzene rings is 2. The van der Waals surface area contributed by atoms with E-state index in [1.165, 1.54) is 27.2 Å². The van der Waals surface area contributed by atoms with Gasteiger partial charge >= 0.3 is 6.18 Å². The van der Waals surface area contributed by atoms with Crippen LogP contribution in [0, 0.1) is 0 Å². The minimum Gasteiger partial charge on any atom is -0.330 e. The van der Waals surface area contributed by atoms with Gasteiger partial charge in [0.05, 0.1) is 18.2 Å². The number of hydrogen-bond donors (Lipinski definition) is 0. The van der Waals surface area contributed by atoms with Crippen molar-refractivity contribution < 1.29 is 18.0 Å². The van der Waals surface area contributed by atoms with E-state index < -0.39 is 23.8 Å². The highest BCUT2D eigenvalue weighted by molar-refractivity contribution is 7.09. The summed E-state index contributed by atoms with van der Waals surface area (Å²) >= 11 is 1.47. The third-order valence-electron chi connectivity index (χ3n) is 5.69. The van der Waals surface area contributed by atoms with Gasteiger partial charge in [-0.3, -0.25) is 4.79 Å². The number of carbonyl (C=O) groups is 1. The van der Waals surface area contributed by atoms with Crippen LogP contribution in [0.5, 0.6) is 0 Å². The molecule has 34 heavy (non-hydrogen) atoms. The van der Waals surface area contributed by atoms with E-state index in [-0.39, 0.29) is 18.7 Å². The molecule has 0 N–H and O–H groups in total. The van der Waals surface area contributed by atoms with Crippen LogP contribution < -0.4 is 4.90 Å². The fourth-order valence-corrected chi connectivity index (χ4v) is 4.84. The third kappa shape index (κ3) is 5.25. The maximum atomic E-state index is 14.6. The average Bonchev–Trinajstić information content (AvgIpc) is 3.36. The summed E-state index contributed by atoms with van der Waals surface area (Å²) in [7, 11) is 0. The lowest BCUT2D eigenvalue weighted by Crippen LogP contribution is -2.44. The van der Waals surface area contributed by atoms with E-state index in [1.54, 1.807) is 36.4 Å². The first-order chi connectivity index (χ1) is 16.4. The summed E-state index contributed by atoms with van der Waals surface area (Å²) in [5, 5.41) is 1.89. The Kier molecular flexibility index (Phi) is 7.22. The summed E-state index contributed by atoms with van der Waals surface area (Å²) in [6, 6.07) is 21.0. The van der Waals surface area contributed by atoms with Crippen molar-refractivity contribution in [2.75, 3.05) is 4.90 Å². The van der Waals surface area contributed by atoms with Crippen LogP contribution in [0.2, 0.25) is 0 Å². The molecule has 1 aliphatic rings. The number of nitrogens with zero attached hydrogens (tertiary/aromatic N) is 2. The SMILES string of the molecule is CCC1C=CC(C(=O)N(Cc2ccccc2)Cc2cccs2)=C(C(F)(F)F)N1c1ccccc1. The highest BCUT2D eigenvalue weighted by Gasteiger charge is 2.45. The number of anilines is 1. The lowest BCUT2D eigenvalue weighted by Gasteiger charge is -2.38. The van der Waals surface area contributed by atoms with Gasteiger partial charge in [-0.15, -0.1) is 11.3 Å². The second-order valence-electron chi connectivity index (χ2n) is 8.03. The third-order valence-corrected chi connectivity index (χ3v) is 6.56. The molecule has 0 radical (unpaired) electrons. The van der Waals surface area contributed by atoms with E-state index in [2.05, 4.69) is 0 Å². The van der Waals surface area contributed by atoms with Gasteiger partial charge in [0.1, 0.15) is 5.70 Å². The highest BCUT2D eigenvalue weighted by Crippen LogP contribution is 2.40. The molecule has 0 saturated carbocycles. The van der Waals surface area contributed by atoms with E-state index in [1.807, 2.05) is 54.8 Å². The number of alkyl halides is 3. The van der Waals surface area contributed by atoms with Gasteiger partial charge in [-0.05, 0) is 41.6 Å². The Morgan fingerprint density at radius 2 is 1.65 bits per heavy atom. The van der Waals surface area contributed by atoms with Crippen LogP contribution in [0.4, 0.5) is 18.9 Å². The number of allylic oxidation sites excluding steroid dienone is 1. The molecule has 1 amide bonds. The lowest BCUT2D eigenvalue weighted by molar-refractivity contribution is -0.129. The average molecular weight is 483 g/mol. The smallest absolute Gasteiger partial charge is 0.330 e. The molecule has 2 heterocycles. The first-order valence-corrected chi connectivity index (χ1v) is 12.0. The summed E-state index contributed by atoms with van der Waals surface area (Å²) in [5.41, 5.74) is 0.00715. The maximum Gasteiger partial charge on any atom is 0.432 e. The molecule has 1 atom stereocenters. The Bertz CT molecular complexity index is 1160. The van der Waals surface area contributed by atoms with Gasteiger partial charge < -0.3 is 9.80 Å². The zero-order valence-electron chi connectivity index (χ0n) is 18.7. The molecule has 3 nitrogen and oxygen atoms in total. The van der Waals surface area contributed by atoms with Crippen LogP contribution >= 0.6 is 11.3 Å². The van der Waals surface area contributed by atoms with Crippen molar-refractivity contribution in [1.29, 1.82) is 0 Å². The zero-order chi connectivity index (χ0) is 24.1. The molecule has 0 saturated heterocycles. The van der Waals surface area contributed by atoms with Crippen LogP contribution in [-0.2, 0) is 17.9 Å². The first kappa shape index (κ1) is 23.8. The zero-order valence-corrected chi connectivity index (χ0v) is 19.5. The number of para-hydroxylation sites is 1. The number of halogens is 3. The van der Waals surface area contributed by atoms with Crippen molar-refractivity contribution in [3.8, 4) is 0 Å². The first-order valence-electron chi connectivity index (χ1n) is 11.1. The molecule has 4 rings (SSSR count). The number of amides is 1. The summed E-state index contributed by atoms with van der Waals surface area (Å²) in [6.45, 7) is 2.28. The molecule has 7 heteroatoms. The Morgan fingerprint density at radius 3 is 2.24 bits per heavy atom. The van der Waals surface area contributed by atoms with Crippen molar-refractivity contribution >= 4 is 22.9 Å². The van der Waals surface area contributed by atoms with Gasteiger partial charge in [-0.25, -0.2) is 0 Å². The molecule has 1 unspecified atom stereocenters. The number of thiophene rings is 1. The van der Waals surface area contributed by atoms with Crippen molar-refractivity contribution in [3.63, 3.8) is 0 Å². The Hall–Kier alpha value is -3.32. The maximum absolute atomic E-state index is 14.6. The minimum atomic E-state index is -4.71. The van der Waals surface area contributed by atoms with E-state index in [4.69, 9.17) is 0 Å². The second-order valence-corrected chi connectivity index (χ2v) is 9.06. The Labute approximate surface area is 201 Å². The van der Waals surface area contributed by atoms with E-state index >= 15 is 0 Å². The molecule has 0 fully saturated rings. The molecule has 0 bridgehead atoms. The summed E-state index contributed by atoms with van der Waals surface area (Å²) in [5.74, 6) is -0.642. The van der Waals surface area contributed by atoms with Crippen LogP contribution in [0.25, 0.3) is 0 Å². The Morgan fingerprint density at radius 1 is 0.971 bits per heavy atom. The number of rotatable bonds is 7. The lowest BCUT2D eigenvalue weighted by atomic mass is 9.98. The molecule has 176 valence electrons. The quantitative estimate of drug-likeness (QED) is 0.364. The van der Waals surface area contributed by atoms with Gasteiger partial charge in [0.15, 0.2) is 0 Å². The molecule has 2 aromatic carbocycles. The van der Waals surface area contributed by atoms with E-state index in [0.29, 0.717) is 12.1 Å². The summed E-state index contributed by atoms with van der Waals surface area (Å²) < 4.78 is 43.7. The molecule has 3 aromatic rings. The molecular weight excluding hydrogens is 457 g/mol. The van der Waals surface area contributed by atoms with Crippen molar-refractivity contribution in [1.82, 2.24) is 4.90 Å². The molecule has 0 spiro atoms. The number of hydrogen-bond acceptors (Lipinski definition) is 3. The topological polar surface area (TPSA) is 23.6 Å². The van der Waals surface area contributed by atoms with Crippen molar-refractivity contribution in [3.05, 3.63) is 112 Å². The molecule has 1 aliphatic heterocycles. The standard InChI is InChI=1S/C27H25F3N2OS/c1-2-21-15-16-24(25(27(28,29)30)32(21)22-12-7-4-8-13-22)26(33)31(19-23-14-9-17-34-23)18-20-10-5-3-6-11-20/h3-17,21H,2,18-19H2,1H3. The molecule has 1 aromatic heterocycles. The van der Waals surface area contributed by atoms with Gasteiger partial charge in [0.2, 0.25) is 0 Å². The Balaban J connectivity index is 1.80. The monoisotopic (exact) mass is 482 g/mol. The second kappa shape index (κ2) is 10.3. The highest BCUT2D eigenvalue weighted by atomic mass is 32.1. The van der Waals surface area contributed by atoms with E-state index in [0.717, 1.165) is 10.4 Å². The van der Waals surface area contributed by atoms with E-state index in [9.17, 15) is 18.0 Å². The van der Waals surface area contributed by atoms with Crippen molar-refractivity contribution in [2.45, 2.75) is 38.7 Å². The van der Waals surface area contributed by atoms with Gasteiger partial charge in [0, 0.05) is 17.1 Å². The molecular formula is C27H25F3N2OS. The summed E-state index contributed by atoms with van der Waals surface area (Å²) in [6.07, 6.45) is -1.19. The predicted molar refractivity (Wildman–Crippen MR) is 130 cm³/mol. The van der Waals surface area contributed by atoms with Crippen LogP contribution in [0.3, 0.4) is 0 Å². The fraction of sp³-hybridized carbons (Fsp3) is 0.222. The predicted octanol–water partition coefficient (Wildman–Crippen LogP) is 6.95. The molecule has 0 aliphatic carbocycles. The number of carbonyl (C=O) groups excluding carboxylic acids is 1. The van der Waals surface area contributed by atoms with Crippen LogP contribution in [0.15, 0.2) is 102 Å². The normalized spacial score (nSPS) is 16.1. The minimum absolute atomic E-state index is 0.211. The van der Waals surface area contributed by atoms with Gasteiger partial charge in [0.25, 0.3) is 5.91 Å². The fourth-order valence-electron chi connectivity index (χ4n) is 4.12.